The first-order valence-electron chi connectivity index (χ1n) is 7.60. The summed E-state index contributed by atoms with van der Waals surface area (Å²) in [6.07, 6.45) is 5.17. The molecule has 1 aromatic rings. The third-order valence-electron chi connectivity index (χ3n) is 4.36. The Morgan fingerprint density at radius 2 is 2.11 bits per heavy atom. The number of anilines is 1. The quantitative estimate of drug-likeness (QED) is 0.869. The van der Waals surface area contributed by atoms with Gasteiger partial charge in [-0.05, 0) is 51.3 Å². The molecular weight excluding hydrogens is 232 g/mol. The average molecular weight is 260 g/mol. The van der Waals surface area contributed by atoms with Crippen molar-refractivity contribution in [3.63, 3.8) is 0 Å². The van der Waals surface area contributed by atoms with Crippen LogP contribution in [-0.2, 0) is 0 Å². The first-order chi connectivity index (χ1) is 9.06. The zero-order valence-corrected chi connectivity index (χ0v) is 12.9. The molecule has 1 atom stereocenters. The fourth-order valence-electron chi connectivity index (χ4n) is 3.55. The van der Waals surface area contributed by atoms with Gasteiger partial charge in [-0.15, -0.1) is 0 Å². The molecule has 1 unspecified atom stereocenters. The Balaban J connectivity index is 2.12. The van der Waals surface area contributed by atoms with Crippen molar-refractivity contribution >= 4 is 5.69 Å². The summed E-state index contributed by atoms with van der Waals surface area (Å²) in [5.41, 5.74) is 4.43. The van der Waals surface area contributed by atoms with E-state index in [0.717, 1.165) is 6.54 Å². The Kier molecular flexibility index (Phi) is 4.51. The molecule has 0 spiro atoms. The van der Waals surface area contributed by atoms with Gasteiger partial charge in [0.05, 0.1) is 0 Å². The Labute approximate surface area is 118 Å². The maximum atomic E-state index is 3.76. The summed E-state index contributed by atoms with van der Waals surface area (Å²) < 4.78 is 0. The predicted octanol–water partition coefficient (Wildman–Crippen LogP) is 3.66. The number of hydrogen-bond acceptors (Lipinski definition) is 2. The van der Waals surface area contributed by atoms with Crippen LogP contribution in [0.4, 0.5) is 5.69 Å². The fourth-order valence-corrected chi connectivity index (χ4v) is 3.55. The third kappa shape index (κ3) is 3.30. The third-order valence-corrected chi connectivity index (χ3v) is 4.36. The van der Waals surface area contributed by atoms with E-state index in [4.69, 9.17) is 0 Å². The number of aryl methyl sites for hydroxylation is 2. The molecule has 2 heteroatoms. The molecule has 2 rings (SSSR count). The number of hydrogen-bond donors (Lipinski definition) is 1. The van der Waals surface area contributed by atoms with Gasteiger partial charge < -0.3 is 10.2 Å². The molecule has 1 aromatic carbocycles. The molecule has 1 heterocycles. The van der Waals surface area contributed by atoms with Crippen LogP contribution in [0.3, 0.4) is 0 Å². The van der Waals surface area contributed by atoms with Gasteiger partial charge in [-0.1, -0.05) is 31.0 Å². The molecule has 0 bridgehead atoms. The number of nitrogens with one attached hydrogen (secondary N) is 1. The standard InChI is InChI=1S/C17H28N2/c1-5-9-17(10-6-11-18-17)13-19(4)16-8-7-14(2)12-15(16)3/h7-8,12,18H,5-6,9-11,13H2,1-4H3. The van der Waals surface area contributed by atoms with Crippen molar-refractivity contribution in [1.29, 1.82) is 0 Å². The molecule has 2 nitrogen and oxygen atoms in total. The molecule has 1 saturated heterocycles. The van der Waals surface area contributed by atoms with Crippen molar-refractivity contribution < 1.29 is 0 Å². The molecule has 1 N–H and O–H groups in total. The van der Waals surface area contributed by atoms with Crippen LogP contribution >= 0.6 is 0 Å². The van der Waals surface area contributed by atoms with Crippen LogP contribution in [0.2, 0.25) is 0 Å². The minimum absolute atomic E-state index is 0.334. The second-order valence-electron chi connectivity index (χ2n) is 6.21. The normalized spacial score (nSPS) is 22.7. The highest BCUT2D eigenvalue weighted by atomic mass is 15.2. The second kappa shape index (κ2) is 5.96. The zero-order valence-electron chi connectivity index (χ0n) is 12.9. The Morgan fingerprint density at radius 1 is 1.32 bits per heavy atom. The zero-order chi connectivity index (χ0) is 13.9. The molecule has 1 aliphatic heterocycles. The molecule has 0 radical (unpaired) electrons. The van der Waals surface area contributed by atoms with Crippen LogP contribution < -0.4 is 10.2 Å². The highest BCUT2D eigenvalue weighted by Crippen LogP contribution is 2.28. The van der Waals surface area contributed by atoms with Gasteiger partial charge in [0.25, 0.3) is 0 Å². The lowest BCUT2D eigenvalue weighted by Gasteiger charge is -2.35. The minimum Gasteiger partial charge on any atom is -0.373 e. The van der Waals surface area contributed by atoms with Crippen LogP contribution in [0, 0.1) is 13.8 Å². The van der Waals surface area contributed by atoms with Gasteiger partial charge in [-0.2, -0.15) is 0 Å². The van der Waals surface area contributed by atoms with E-state index in [9.17, 15) is 0 Å². The summed E-state index contributed by atoms with van der Waals surface area (Å²) in [5.74, 6) is 0. The van der Waals surface area contributed by atoms with Crippen molar-refractivity contribution in [3.8, 4) is 0 Å². The average Bonchev–Trinajstić information content (AvgIpc) is 2.77. The van der Waals surface area contributed by atoms with Crippen LogP contribution in [-0.4, -0.2) is 25.7 Å². The van der Waals surface area contributed by atoms with E-state index in [1.165, 1.54) is 49.0 Å². The van der Waals surface area contributed by atoms with Gasteiger partial charge in [0.1, 0.15) is 0 Å². The first kappa shape index (κ1) is 14.4. The van der Waals surface area contributed by atoms with Crippen molar-refractivity contribution in [2.45, 2.75) is 52.0 Å². The van der Waals surface area contributed by atoms with Gasteiger partial charge in [0, 0.05) is 24.8 Å². The van der Waals surface area contributed by atoms with E-state index in [0.29, 0.717) is 5.54 Å². The van der Waals surface area contributed by atoms with Crippen molar-refractivity contribution in [3.05, 3.63) is 29.3 Å². The Bertz CT molecular complexity index is 419. The van der Waals surface area contributed by atoms with E-state index in [-0.39, 0.29) is 0 Å². The van der Waals surface area contributed by atoms with Crippen LogP contribution in [0.25, 0.3) is 0 Å². The van der Waals surface area contributed by atoms with Gasteiger partial charge in [0.15, 0.2) is 0 Å². The molecule has 0 aromatic heterocycles. The maximum absolute atomic E-state index is 3.76. The van der Waals surface area contributed by atoms with Crippen LogP contribution in [0.1, 0.15) is 43.7 Å². The lowest BCUT2D eigenvalue weighted by molar-refractivity contribution is 0.349. The number of nitrogens with zero attached hydrogens (tertiary/aromatic N) is 1. The van der Waals surface area contributed by atoms with E-state index in [2.05, 4.69) is 56.2 Å². The van der Waals surface area contributed by atoms with Gasteiger partial charge in [-0.3, -0.25) is 0 Å². The van der Waals surface area contributed by atoms with Crippen LogP contribution in [0.5, 0.6) is 0 Å². The van der Waals surface area contributed by atoms with E-state index < -0.39 is 0 Å². The summed E-state index contributed by atoms with van der Waals surface area (Å²) in [6, 6.07) is 6.76. The minimum atomic E-state index is 0.334. The predicted molar refractivity (Wildman–Crippen MR) is 84.1 cm³/mol. The number of likely N-dealkylation sites (N-methyl/N-ethyl adjacent to an activating group) is 1. The Morgan fingerprint density at radius 3 is 2.68 bits per heavy atom. The summed E-state index contributed by atoms with van der Waals surface area (Å²) in [6.45, 7) is 8.96. The van der Waals surface area contributed by atoms with Crippen molar-refractivity contribution in [2.24, 2.45) is 0 Å². The van der Waals surface area contributed by atoms with Gasteiger partial charge >= 0.3 is 0 Å². The molecule has 1 fully saturated rings. The monoisotopic (exact) mass is 260 g/mol. The maximum Gasteiger partial charge on any atom is 0.0394 e. The topological polar surface area (TPSA) is 15.3 Å². The summed E-state index contributed by atoms with van der Waals surface area (Å²) >= 11 is 0. The largest absolute Gasteiger partial charge is 0.373 e. The van der Waals surface area contributed by atoms with Crippen molar-refractivity contribution in [2.75, 3.05) is 25.0 Å². The van der Waals surface area contributed by atoms with Crippen LogP contribution in [0.15, 0.2) is 18.2 Å². The molecule has 0 saturated carbocycles. The van der Waals surface area contributed by atoms with Gasteiger partial charge in [0.2, 0.25) is 0 Å². The summed E-state index contributed by atoms with van der Waals surface area (Å²) in [7, 11) is 2.23. The molecule has 19 heavy (non-hydrogen) atoms. The molecule has 106 valence electrons. The molecule has 1 aliphatic rings. The molecular formula is C17H28N2. The smallest absolute Gasteiger partial charge is 0.0394 e. The fraction of sp³-hybridized carbons (Fsp3) is 0.647. The van der Waals surface area contributed by atoms with E-state index >= 15 is 0 Å². The van der Waals surface area contributed by atoms with E-state index in [1.807, 2.05) is 0 Å². The summed E-state index contributed by atoms with van der Waals surface area (Å²) in [4.78, 5) is 2.43. The molecule has 0 aliphatic carbocycles. The van der Waals surface area contributed by atoms with E-state index in [1.54, 1.807) is 0 Å². The highest BCUT2D eigenvalue weighted by molar-refractivity contribution is 5.54. The summed E-state index contributed by atoms with van der Waals surface area (Å²) in [5, 5.41) is 3.76. The lowest BCUT2D eigenvalue weighted by atomic mass is 9.91. The van der Waals surface area contributed by atoms with Crippen molar-refractivity contribution in [1.82, 2.24) is 5.32 Å². The SMILES string of the molecule is CCCC1(CN(C)c2ccc(C)cc2C)CCCN1. The molecule has 0 amide bonds. The highest BCUT2D eigenvalue weighted by Gasteiger charge is 2.33. The van der Waals surface area contributed by atoms with Gasteiger partial charge in [-0.25, -0.2) is 0 Å². The first-order valence-corrected chi connectivity index (χ1v) is 7.60. The number of benzene rings is 1. The number of rotatable bonds is 5. The Hall–Kier alpha value is -1.02. The second-order valence-corrected chi connectivity index (χ2v) is 6.21. The lowest BCUT2D eigenvalue weighted by Crippen LogP contribution is -2.49.